The minimum Gasteiger partial charge on any atom is -0.490 e. The van der Waals surface area contributed by atoms with Crippen molar-refractivity contribution in [1.29, 1.82) is 0 Å². The van der Waals surface area contributed by atoms with Crippen LogP contribution in [-0.4, -0.2) is 18.1 Å². The molecule has 0 radical (unpaired) electrons. The first-order chi connectivity index (χ1) is 8.12. The molecule has 0 spiro atoms. The van der Waals surface area contributed by atoms with Gasteiger partial charge < -0.3 is 9.47 Å². The third-order valence-electron chi connectivity index (χ3n) is 2.56. The Morgan fingerprint density at radius 3 is 2.47 bits per heavy atom. The highest BCUT2D eigenvalue weighted by atomic mass is 16.6. The van der Waals surface area contributed by atoms with Crippen LogP contribution in [0.2, 0.25) is 0 Å². The Morgan fingerprint density at radius 1 is 1.35 bits per heavy atom. The van der Waals surface area contributed by atoms with Gasteiger partial charge in [0.2, 0.25) is 0 Å². The maximum absolute atomic E-state index is 10.8. The number of ether oxygens (including phenoxy) is 2. The van der Waals surface area contributed by atoms with Gasteiger partial charge in [-0.1, -0.05) is 13.8 Å². The lowest BCUT2D eigenvalue weighted by Gasteiger charge is -2.15. The molecular weight excluding hydrogens is 222 g/mol. The van der Waals surface area contributed by atoms with Crippen LogP contribution in [0.3, 0.4) is 0 Å². The standard InChI is InChI=1S/C12H17NO4/c1-4-9(5-2)17-10-6-7-12(16-3)11(8-10)13(14)15/h6-9H,4-5H2,1-3H3. The Balaban J connectivity index is 2.95. The van der Waals surface area contributed by atoms with Crippen molar-refractivity contribution < 1.29 is 14.4 Å². The Hall–Kier alpha value is -1.78. The summed E-state index contributed by atoms with van der Waals surface area (Å²) in [6.45, 7) is 4.04. The van der Waals surface area contributed by atoms with Gasteiger partial charge in [0.1, 0.15) is 5.75 Å². The molecule has 17 heavy (non-hydrogen) atoms. The molecule has 1 aromatic rings. The molecule has 5 nitrogen and oxygen atoms in total. The highest BCUT2D eigenvalue weighted by Gasteiger charge is 2.16. The monoisotopic (exact) mass is 239 g/mol. The average Bonchev–Trinajstić information content (AvgIpc) is 2.35. The van der Waals surface area contributed by atoms with Crippen LogP contribution in [0, 0.1) is 10.1 Å². The molecule has 0 aliphatic carbocycles. The molecule has 0 fully saturated rings. The van der Waals surface area contributed by atoms with Crippen LogP contribution in [0.25, 0.3) is 0 Å². The quantitative estimate of drug-likeness (QED) is 0.565. The molecule has 0 heterocycles. The molecule has 0 aliphatic heterocycles. The highest BCUT2D eigenvalue weighted by Crippen LogP contribution is 2.31. The summed E-state index contributed by atoms with van der Waals surface area (Å²) in [4.78, 5) is 10.4. The van der Waals surface area contributed by atoms with Crippen molar-refractivity contribution in [3.63, 3.8) is 0 Å². The molecular formula is C12H17NO4. The van der Waals surface area contributed by atoms with Crippen LogP contribution in [0.15, 0.2) is 18.2 Å². The molecule has 0 saturated heterocycles. The first-order valence-electron chi connectivity index (χ1n) is 5.61. The molecule has 0 atom stereocenters. The molecule has 0 bridgehead atoms. The van der Waals surface area contributed by atoms with Gasteiger partial charge in [0, 0.05) is 0 Å². The second kappa shape index (κ2) is 6.08. The molecule has 94 valence electrons. The van der Waals surface area contributed by atoms with Gasteiger partial charge >= 0.3 is 5.69 Å². The topological polar surface area (TPSA) is 61.6 Å². The van der Waals surface area contributed by atoms with Crippen LogP contribution in [0.4, 0.5) is 5.69 Å². The lowest BCUT2D eigenvalue weighted by Crippen LogP contribution is -2.13. The fourth-order valence-electron chi connectivity index (χ4n) is 1.53. The largest absolute Gasteiger partial charge is 0.490 e. The second-order valence-electron chi connectivity index (χ2n) is 3.65. The van der Waals surface area contributed by atoms with E-state index in [-0.39, 0.29) is 17.5 Å². The van der Waals surface area contributed by atoms with Gasteiger partial charge in [0.05, 0.1) is 24.2 Å². The van der Waals surface area contributed by atoms with E-state index in [1.54, 1.807) is 12.1 Å². The van der Waals surface area contributed by atoms with Gasteiger partial charge in [0.15, 0.2) is 5.75 Å². The van der Waals surface area contributed by atoms with Crippen molar-refractivity contribution in [3.05, 3.63) is 28.3 Å². The van der Waals surface area contributed by atoms with Crippen molar-refractivity contribution in [2.45, 2.75) is 32.8 Å². The molecule has 1 aromatic carbocycles. The predicted octanol–water partition coefficient (Wildman–Crippen LogP) is 3.17. The van der Waals surface area contributed by atoms with Gasteiger partial charge in [-0.3, -0.25) is 10.1 Å². The molecule has 0 aliphatic rings. The van der Waals surface area contributed by atoms with Crippen molar-refractivity contribution >= 4 is 5.69 Å². The Labute approximate surface area is 101 Å². The predicted molar refractivity (Wildman–Crippen MR) is 64.6 cm³/mol. The van der Waals surface area contributed by atoms with Crippen molar-refractivity contribution in [2.75, 3.05) is 7.11 Å². The Kier molecular flexibility index (Phi) is 4.75. The summed E-state index contributed by atoms with van der Waals surface area (Å²) in [7, 11) is 1.41. The van der Waals surface area contributed by atoms with Crippen molar-refractivity contribution in [1.82, 2.24) is 0 Å². The molecule has 0 N–H and O–H groups in total. The zero-order valence-electron chi connectivity index (χ0n) is 10.3. The zero-order valence-corrected chi connectivity index (χ0v) is 10.3. The second-order valence-corrected chi connectivity index (χ2v) is 3.65. The van der Waals surface area contributed by atoms with Gasteiger partial charge in [-0.05, 0) is 25.0 Å². The number of nitro benzene ring substituents is 1. The fourth-order valence-corrected chi connectivity index (χ4v) is 1.53. The van der Waals surface area contributed by atoms with E-state index < -0.39 is 4.92 Å². The summed E-state index contributed by atoms with van der Waals surface area (Å²) in [5, 5.41) is 10.8. The minimum atomic E-state index is -0.474. The number of benzene rings is 1. The van der Waals surface area contributed by atoms with E-state index in [0.717, 1.165) is 12.8 Å². The van der Waals surface area contributed by atoms with Gasteiger partial charge in [-0.15, -0.1) is 0 Å². The van der Waals surface area contributed by atoms with Crippen LogP contribution < -0.4 is 9.47 Å². The summed E-state index contributed by atoms with van der Waals surface area (Å²) in [5.74, 6) is 0.748. The Morgan fingerprint density at radius 2 is 2.00 bits per heavy atom. The average molecular weight is 239 g/mol. The van der Waals surface area contributed by atoms with E-state index >= 15 is 0 Å². The third-order valence-corrected chi connectivity index (χ3v) is 2.56. The van der Waals surface area contributed by atoms with Crippen molar-refractivity contribution in [2.24, 2.45) is 0 Å². The molecule has 5 heteroatoms. The van der Waals surface area contributed by atoms with E-state index in [1.807, 2.05) is 13.8 Å². The van der Waals surface area contributed by atoms with E-state index in [1.165, 1.54) is 13.2 Å². The summed E-state index contributed by atoms with van der Waals surface area (Å²) >= 11 is 0. The Bertz CT molecular complexity index is 388. The van der Waals surface area contributed by atoms with Crippen LogP contribution in [0.1, 0.15) is 26.7 Å². The number of methoxy groups -OCH3 is 1. The SMILES string of the molecule is CCC(CC)Oc1ccc(OC)c([N+](=O)[O-])c1. The van der Waals surface area contributed by atoms with Crippen LogP contribution >= 0.6 is 0 Å². The van der Waals surface area contributed by atoms with Gasteiger partial charge in [-0.25, -0.2) is 0 Å². The maximum Gasteiger partial charge on any atom is 0.314 e. The van der Waals surface area contributed by atoms with Crippen LogP contribution in [0.5, 0.6) is 11.5 Å². The highest BCUT2D eigenvalue weighted by molar-refractivity contribution is 5.50. The van der Waals surface area contributed by atoms with E-state index in [4.69, 9.17) is 9.47 Å². The van der Waals surface area contributed by atoms with E-state index in [2.05, 4.69) is 0 Å². The number of rotatable bonds is 6. The summed E-state index contributed by atoms with van der Waals surface area (Å²) in [5.41, 5.74) is -0.0732. The fraction of sp³-hybridized carbons (Fsp3) is 0.500. The smallest absolute Gasteiger partial charge is 0.314 e. The van der Waals surface area contributed by atoms with E-state index in [0.29, 0.717) is 5.75 Å². The summed E-state index contributed by atoms with van der Waals surface area (Å²) < 4.78 is 10.6. The maximum atomic E-state index is 10.8. The lowest BCUT2D eigenvalue weighted by molar-refractivity contribution is -0.385. The number of nitrogens with zero attached hydrogens (tertiary/aromatic N) is 1. The van der Waals surface area contributed by atoms with Gasteiger partial charge in [0.25, 0.3) is 0 Å². The first-order valence-corrected chi connectivity index (χ1v) is 5.61. The summed E-state index contributed by atoms with van der Waals surface area (Å²) in [6.07, 6.45) is 1.83. The van der Waals surface area contributed by atoms with E-state index in [9.17, 15) is 10.1 Å². The third kappa shape index (κ3) is 3.34. The molecule has 0 amide bonds. The molecule has 0 aromatic heterocycles. The number of nitro groups is 1. The number of hydrogen-bond acceptors (Lipinski definition) is 4. The van der Waals surface area contributed by atoms with Crippen molar-refractivity contribution in [3.8, 4) is 11.5 Å². The zero-order chi connectivity index (χ0) is 12.8. The number of hydrogen-bond donors (Lipinski definition) is 0. The normalized spacial score (nSPS) is 10.4. The van der Waals surface area contributed by atoms with Crippen LogP contribution in [-0.2, 0) is 0 Å². The van der Waals surface area contributed by atoms with Gasteiger partial charge in [-0.2, -0.15) is 0 Å². The minimum absolute atomic E-state index is 0.0732. The summed E-state index contributed by atoms with van der Waals surface area (Å²) in [6, 6.07) is 4.64. The molecule has 0 saturated carbocycles. The molecule has 0 unspecified atom stereocenters. The lowest BCUT2D eigenvalue weighted by atomic mass is 10.2. The first kappa shape index (κ1) is 13.3. The molecule has 1 rings (SSSR count).